The Hall–Kier alpha value is -0.900. The minimum atomic E-state index is -0.280. The van der Waals surface area contributed by atoms with Gasteiger partial charge < -0.3 is 5.11 Å². The highest BCUT2D eigenvalue weighted by Gasteiger charge is 2.21. The molecule has 1 aromatic heterocycles. The summed E-state index contributed by atoms with van der Waals surface area (Å²) in [7, 11) is 1.87. The summed E-state index contributed by atoms with van der Waals surface area (Å²) in [5.41, 5.74) is 1.01. The molecular formula is C10H19N3O. The number of aryl methyl sites for hydroxylation is 2. The summed E-state index contributed by atoms with van der Waals surface area (Å²) in [6.45, 7) is 6.12. The number of aliphatic hydroxyl groups excluding tert-OH is 1. The topological polar surface area (TPSA) is 50.9 Å². The Morgan fingerprint density at radius 1 is 1.50 bits per heavy atom. The number of nitrogens with zero attached hydrogens (tertiary/aromatic N) is 3. The van der Waals surface area contributed by atoms with Gasteiger partial charge in [0.05, 0.1) is 18.0 Å². The number of aliphatic hydroxyl groups is 1. The van der Waals surface area contributed by atoms with E-state index >= 15 is 0 Å². The molecule has 80 valence electrons. The second-order valence-corrected chi connectivity index (χ2v) is 4.77. The molecule has 4 heteroatoms. The Bertz CT molecular complexity index is 288. The van der Waals surface area contributed by atoms with E-state index in [9.17, 15) is 5.11 Å². The number of aromatic nitrogens is 3. The van der Waals surface area contributed by atoms with Gasteiger partial charge in [0.15, 0.2) is 0 Å². The lowest BCUT2D eigenvalue weighted by Crippen LogP contribution is -2.26. The third-order valence-corrected chi connectivity index (χ3v) is 2.48. The summed E-state index contributed by atoms with van der Waals surface area (Å²) in [6.07, 6.45) is 3.04. The van der Waals surface area contributed by atoms with Crippen LogP contribution in [0.5, 0.6) is 0 Å². The molecule has 1 aromatic rings. The second kappa shape index (κ2) is 4.09. The van der Waals surface area contributed by atoms with Crippen molar-refractivity contribution in [3.8, 4) is 0 Å². The van der Waals surface area contributed by atoms with Gasteiger partial charge >= 0.3 is 0 Å². The van der Waals surface area contributed by atoms with Gasteiger partial charge in [-0.15, -0.1) is 5.10 Å². The Labute approximate surface area is 84.9 Å². The molecule has 14 heavy (non-hydrogen) atoms. The molecule has 4 nitrogen and oxygen atoms in total. The fraction of sp³-hybridized carbons (Fsp3) is 0.800. The summed E-state index contributed by atoms with van der Waals surface area (Å²) in [5.74, 6) is 0. The number of rotatable bonds is 3. The average Bonchev–Trinajstić information content (AvgIpc) is 2.45. The van der Waals surface area contributed by atoms with Crippen LogP contribution in [-0.2, 0) is 13.5 Å². The van der Waals surface area contributed by atoms with Gasteiger partial charge in [-0.3, -0.25) is 4.68 Å². The first-order chi connectivity index (χ1) is 6.41. The molecule has 0 aliphatic rings. The maximum atomic E-state index is 9.83. The fourth-order valence-corrected chi connectivity index (χ4v) is 1.25. The van der Waals surface area contributed by atoms with Gasteiger partial charge in [0.2, 0.25) is 0 Å². The van der Waals surface area contributed by atoms with Crippen molar-refractivity contribution in [1.29, 1.82) is 0 Å². The standard InChI is InChI=1S/C10H19N3O/c1-10(2,3)9(14)6-5-8-7-11-12-13(8)4/h7,9,14H,5-6H2,1-4H3. The summed E-state index contributed by atoms with van der Waals surface area (Å²) >= 11 is 0. The Morgan fingerprint density at radius 3 is 2.57 bits per heavy atom. The van der Waals surface area contributed by atoms with Crippen LogP contribution in [-0.4, -0.2) is 26.2 Å². The molecule has 0 fully saturated rings. The van der Waals surface area contributed by atoms with E-state index in [-0.39, 0.29) is 11.5 Å². The third-order valence-electron chi connectivity index (χ3n) is 2.48. The van der Waals surface area contributed by atoms with Crippen molar-refractivity contribution >= 4 is 0 Å². The summed E-state index contributed by atoms with van der Waals surface area (Å²) < 4.78 is 1.75. The van der Waals surface area contributed by atoms with Crippen molar-refractivity contribution in [1.82, 2.24) is 15.0 Å². The third kappa shape index (κ3) is 2.80. The molecule has 0 aromatic carbocycles. The zero-order valence-corrected chi connectivity index (χ0v) is 9.36. The Kier molecular flexibility index (Phi) is 3.26. The maximum Gasteiger partial charge on any atom is 0.0725 e. The summed E-state index contributed by atoms with van der Waals surface area (Å²) in [5, 5.41) is 17.5. The second-order valence-electron chi connectivity index (χ2n) is 4.77. The molecule has 0 aliphatic carbocycles. The number of hydrogen-bond acceptors (Lipinski definition) is 3. The molecule has 0 amide bonds. The minimum absolute atomic E-state index is 0.0496. The normalized spacial score (nSPS) is 14.4. The zero-order chi connectivity index (χ0) is 10.8. The molecule has 1 unspecified atom stereocenters. The van der Waals surface area contributed by atoms with Crippen LogP contribution < -0.4 is 0 Å². The molecule has 1 atom stereocenters. The van der Waals surface area contributed by atoms with E-state index in [1.165, 1.54) is 0 Å². The van der Waals surface area contributed by atoms with Gasteiger partial charge in [-0.25, -0.2) is 0 Å². The molecule has 0 radical (unpaired) electrons. The highest BCUT2D eigenvalue weighted by Crippen LogP contribution is 2.22. The van der Waals surface area contributed by atoms with Crippen molar-refractivity contribution in [2.75, 3.05) is 0 Å². The van der Waals surface area contributed by atoms with Gasteiger partial charge in [0.1, 0.15) is 0 Å². The van der Waals surface area contributed by atoms with Gasteiger partial charge in [0.25, 0.3) is 0 Å². The van der Waals surface area contributed by atoms with Gasteiger partial charge in [-0.1, -0.05) is 26.0 Å². The van der Waals surface area contributed by atoms with E-state index in [1.54, 1.807) is 10.9 Å². The van der Waals surface area contributed by atoms with Gasteiger partial charge in [-0.2, -0.15) is 0 Å². The SMILES string of the molecule is Cn1nncc1CCC(O)C(C)(C)C. The predicted octanol–water partition coefficient (Wildman–Crippen LogP) is 1.15. The highest BCUT2D eigenvalue weighted by molar-refractivity contribution is 4.94. The van der Waals surface area contributed by atoms with Crippen molar-refractivity contribution in [2.24, 2.45) is 12.5 Å². The lowest BCUT2D eigenvalue weighted by atomic mass is 9.86. The van der Waals surface area contributed by atoms with E-state index in [2.05, 4.69) is 10.3 Å². The fourth-order valence-electron chi connectivity index (χ4n) is 1.25. The van der Waals surface area contributed by atoms with Crippen molar-refractivity contribution in [2.45, 2.75) is 39.7 Å². The van der Waals surface area contributed by atoms with Crippen LogP contribution in [0.1, 0.15) is 32.9 Å². The van der Waals surface area contributed by atoms with Gasteiger partial charge in [0, 0.05) is 7.05 Å². The van der Waals surface area contributed by atoms with E-state index in [0.29, 0.717) is 0 Å². The van der Waals surface area contributed by atoms with Crippen LogP contribution in [0.4, 0.5) is 0 Å². The quantitative estimate of drug-likeness (QED) is 0.791. The first-order valence-corrected chi connectivity index (χ1v) is 4.93. The van der Waals surface area contributed by atoms with Crippen LogP contribution >= 0.6 is 0 Å². The molecule has 0 aliphatic heterocycles. The molecule has 0 bridgehead atoms. The predicted molar refractivity (Wildman–Crippen MR) is 54.8 cm³/mol. The molecule has 1 heterocycles. The zero-order valence-electron chi connectivity index (χ0n) is 9.36. The average molecular weight is 197 g/mol. The number of hydrogen-bond donors (Lipinski definition) is 1. The van der Waals surface area contributed by atoms with Crippen LogP contribution in [0.15, 0.2) is 6.20 Å². The van der Waals surface area contributed by atoms with Crippen molar-refractivity contribution in [3.05, 3.63) is 11.9 Å². The highest BCUT2D eigenvalue weighted by atomic mass is 16.3. The molecule has 0 spiro atoms. The van der Waals surface area contributed by atoms with Crippen LogP contribution in [0.3, 0.4) is 0 Å². The van der Waals surface area contributed by atoms with E-state index in [4.69, 9.17) is 0 Å². The van der Waals surface area contributed by atoms with E-state index < -0.39 is 0 Å². The first kappa shape index (κ1) is 11.2. The lowest BCUT2D eigenvalue weighted by molar-refractivity contribution is 0.0556. The first-order valence-electron chi connectivity index (χ1n) is 4.93. The van der Waals surface area contributed by atoms with Crippen molar-refractivity contribution < 1.29 is 5.11 Å². The van der Waals surface area contributed by atoms with E-state index in [0.717, 1.165) is 18.5 Å². The van der Waals surface area contributed by atoms with Crippen LogP contribution in [0, 0.1) is 5.41 Å². The van der Waals surface area contributed by atoms with E-state index in [1.807, 2.05) is 27.8 Å². The van der Waals surface area contributed by atoms with Gasteiger partial charge in [-0.05, 0) is 18.3 Å². The molecule has 1 N–H and O–H groups in total. The monoisotopic (exact) mass is 197 g/mol. The smallest absolute Gasteiger partial charge is 0.0725 e. The van der Waals surface area contributed by atoms with Crippen molar-refractivity contribution in [3.63, 3.8) is 0 Å². The van der Waals surface area contributed by atoms with Crippen LogP contribution in [0.2, 0.25) is 0 Å². The van der Waals surface area contributed by atoms with Crippen LogP contribution in [0.25, 0.3) is 0 Å². The summed E-state index contributed by atoms with van der Waals surface area (Å²) in [6, 6.07) is 0. The Balaban J connectivity index is 2.46. The molecular weight excluding hydrogens is 178 g/mol. The molecule has 1 rings (SSSR count). The summed E-state index contributed by atoms with van der Waals surface area (Å²) in [4.78, 5) is 0. The Morgan fingerprint density at radius 2 is 2.14 bits per heavy atom. The molecule has 0 saturated carbocycles. The molecule has 0 saturated heterocycles. The largest absolute Gasteiger partial charge is 0.393 e. The maximum absolute atomic E-state index is 9.83. The lowest BCUT2D eigenvalue weighted by Gasteiger charge is -2.25. The minimum Gasteiger partial charge on any atom is -0.393 e.